The van der Waals surface area contributed by atoms with Gasteiger partial charge in [-0.25, -0.2) is 4.79 Å². The van der Waals surface area contributed by atoms with Crippen molar-refractivity contribution in [3.63, 3.8) is 0 Å². The van der Waals surface area contributed by atoms with Gasteiger partial charge in [0.15, 0.2) is 0 Å². The Morgan fingerprint density at radius 1 is 1.32 bits per heavy atom. The Kier molecular flexibility index (Phi) is 5.54. The van der Waals surface area contributed by atoms with E-state index in [4.69, 9.17) is 5.11 Å². The second-order valence-electron chi connectivity index (χ2n) is 5.51. The first-order valence-corrected chi connectivity index (χ1v) is 8.16. The number of hydrogen-bond donors (Lipinski definition) is 3. The van der Waals surface area contributed by atoms with Crippen molar-refractivity contribution in [2.45, 2.75) is 45.2 Å². The molecule has 1 atom stereocenters. The maximum absolute atomic E-state index is 12.3. The number of carbonyl (C=O) groups excluding carboxylic acids is 2. The number of rotatable bonds is 6. The Hall–Kier alpha value is -1.89. The lowest BCUT2D eigenvalue weighted by Gasteiger charge is -2.23. The van der Waals surface area contributed by atoms with Crippen molar-refractivity contribution in [3.05, 3.63) is 21.9 Å². The normalized spacial score (nSPS) is 16.2. The van der Waals surface area contributed by atoms with Crippen molar-refractivity contribution in [1.29, 1.82) is 0 Å². The molecule has 0 spiro atoms. The van der Waals surface area contributed by atoms with Crippen LogP contribution < -0.4 is 10.6 Å². The third-order valence-electron chi connectivity index (χ3n) is 3.82. The molecule has 1 unspecified atom stereocenters. The minimum Gasteiger partial charge on any atom is -0.477 e. The van der Waals surface area contributed by atoms with Crippen LogP contribution in [0.25, 0.3) is 0 Å². The number of nitrogens with one attached hydrogen (secondary N) is 2. The van der Waals surface area contributed by atoms with E-state index in [1.165, 1.54) is 13.0 Å². The molecule has 120 valence electrons. The van der Waals surface area contributed by atoms with Crippen LogP contribution in [0.4, 0.5) is 0 Å². The third kappa shape index (κ3) is 4.30. The van der Waals surface area contributed by atoms with Crippen LogP contribution in [-0.4, -0.2) is 28.9 Å². The lowest BCUT2D eigenvalue weighted by Crippen LogP contribution is -2.49. The van der Waals surface area contributed by atoms with Crippen LogP contribution in [0, 0.1) is 5.92 Å². The van der Waals surface area contributed by atoms with E-state index in [-0.39, 0.29) is 29.2 Å². The minimum absolute atomic E-state index is 0.182. The van der Waals surface area contributed by atoms with Crippen molar-refractivity contribution in [1.82, 2.24) is 10.6 Å². The summed E-state index contributed by atoms with van der Waals surface area (Å²) in [5.41, 5.74) is 0. The van der Waals surface area contributed by atoms with Crippen LogP contribution >= 0.6 is 11.3 Å². The zero-order valence-electron chi connectivity index (χ0n) is 12.4. The van der Waals surface area contributed by atoms with E-state index in [2.05, 4.69) is 10.6 Å². The number of amides is 2. The fourth-order valence-corrected chi connectivity index (χ4v) is 3.57. The SMILES string of the molecule is CC(=O)NC(C(=O)NCc1ccc(C(=O)O)s1)C1CCCC1. The van der Waals surface area contributed by atoms with Crippen molar-refractivity contribution < 1.29 is 19.5 Å². The van der Waals surface area contributed by atoms with E-state index >= 15 is 0 Å². The summed E-state index contributed by atoms with van der Waals surface area (Å²) in [4.78, 5) is 35.5. The van der Waals surface area contributed by atoms with Crippen molar-refractivity contribution in [2.75, 3.05) is 0 Å². The van der Waals surface area contributed by atoms with Crippen LogP contribution in [0.3, 0.4) is 0 Å². The molecule has 1 heterocycles. The lowest BCUT2D eigenvalue weighted by molar-refractivity contribution is -0.129. The molecule has 0 bridgehead atoms. The summed E-state index contributed by atoms with van der Waals surface area (Å²) in [5, 5.41) is 14.4. The number of carboxylic acids is 1. The molecule has 0 saturated heterocycles. The van der Waals surface area contributed by atoms with Gasteiger partial charge in [0.1, 0.15) is 10.9 Å². The van der Waals surface area contributed by atoms with E-state index < -0.39 is 12.0 Å². The van der Waals surface area contributed by atoms with Gasteiger partial charge >= 0.3 is 5.97 Å². The Balaban J connectivity index is 1.94. The number of hydrogen-bond acceptors (Lipinski definition) is 4. The summed E-state index contributed by atoms with van der Waals surface area (Å²) in [6.07, 6.45) is 4.06. The first-order valence-electron chi connectivity index (χ1n) is 7.34. The molecule has 1 aliphatic rings. The van der Waals surface area contributed by atoms with E-state index in [1.807, 2.05) is 0 Å². The van der Waals surface area contributed by atoms with Gasteiger partial charge in [-0.15, -0.1) is 11.3 Å². The maximum atomic E-state index is 12.3. The van der Waals surface area contributed by atoms with Crippen LogP contribution in [-0.2, 0) is 16.1 Å². The van der Waals surface area contributed by atoms with Crippen LogP contribution in [0.1, 0.15) is 47.2 Å². The number of carboxylic acid groups (broad SMARTS) is 1. The molecule has 0 radical (unpaired) electrons. The van der Waals surface area contributed by atoms with Gasteiger partial charge < -0.3 is 15.7 Å². The highest BCUT2D eigenvalue weighted by Gasteiger charge is 2.31. The first kappa shape index (κ1) is 16.5. The molecule has 0 aliphatic heterocycles. The van der Waals surface area contributed by atoms with Gasteiger partial charge in [-0.3, -0.25) is 9.59 Å². The van der Waals surface area contributed by atoms with Gasteiger partial charge in [0.05, 0.1) is 6.54 Å². The average molecular weight is 324 g/mol. The molecule has 6 nitrogen and oxygen atoms in total. The van der Waals surface area contributed by atoms with Crippen LogP contribution in [0.2, 0.25) is 0 Å². The second-order valence-corrected chi connectivity index (χ2v) is 6.68. The van der Waals surface area contributed by atoms with Gasteiger partial charge in [-0.1, -0.05) is 12.8 Å². The lowest BCUT2D eigenvalue weighted by atomic mass is 9.97. The highest BCUT2D eigenvalue weighted by atomic mass is 32.1. The topological polar surface area (TPSA) is 95.5 Å². The smallest absolute Gasteiger partial charge is 0.345 e. The summed E-state index contributed by atoms with van der Waals surface area (Å²) in [5.74, 6) is -1.20. The molecule has 1 aromatic heterocycles. The monoisotopic (exact) mass is 324 g/mol. The van der Waals surface area contributed by atoms with Crippen LogP contribution in [0.5, 0.6) is 0 Å². The predicted molar refractivity (Wildman–Crippen MR) is 82.7 cm³/mol. The van der Waals surface area contributed by atoms with E-state index in [1.54, 1.807) is 6.07 Å². The quantitative estimate of drug-likeness (QED) is 0.743. The molecule has 1 aromatic rings. The Bertz CT molecular complexity index is 564. The van der Waals surface area contributed by atoms with Gasteiger partial charge in [-0.05, 0) is 30.9 Å². The van der Waals surface area contributed by atoms with E-state index in [0.717, 1.165) is 41.9 Å². The molecule has 7 heteroatoms. The maximum Gasteiger partial charge on any atom is 0.345 e. The Morgan fingerprint density at radius 2 is 2.00 bits per heavy atom. The van der Waals surface area contributed by atoms with Gasteiger partial charge in [-0.2, -0.15) is 0 Å². The highest BCUT2D eigenvalue weighted by Crippen LogP contribution is 2.28. The minimum atomic E-state index is -0.968. The number of carbonyl (C=O) groups is 3. The standard InChI is InChI=1S/C15H20N2O4S/c1-9(18)17-13(10-4-2-3-5-10)14(19)16-8-11-6-7-12(22-11)15(20)21/h6-7,10,13H,2-5,8H2,1H3,(H,16,19)(H,17,18)(H,20,21). The van der Waals surface area contributed by atoms with Crippen molar-refractivity contribution >= 4 is 29.1 Å². The van der Waals surface area contributed by atoms with Crippen LogP contribution in [0.15, 0.2) is 12.1 Å². The molecule has 1 fully saturated rings. The van der Waals surface area contributed by atoms with Crippen molar-refractivity contribution in [3.8, 4) is 0 Å². The van der Waals surface area contributed by atoms with Gasteiger partial charge in [0.25, 0.3) is 0 Å². The summed E-state index contributed by atoms with van der Waals surface area (Å²) in [6, 6.07) is 2.72. The number of aromatic carboxylic acids is 1. The second kappa shape index (κ2) is 7.40. The molecule has 22 heavy (non-hydrogen) atoms. The van der Waals surface area contributed by atoms with Gasteiger partial charge in [0, 0.05) is 11.8 Å². The molecule has 2 amide bonds. The molecule has 3 N–H and O–H groups in total. The van der Waals surface area contributed by atoms with Crippen molar-refractivity contribution in [2.24, 2.45) is 5.92 Å². The largest absolute Gasteiger partial charge is 0.477 e. The third-order valence-corrected chi connectivity index (χ3v) is 4.89. The highest BCUT2D eigenvalue weighted by molar-refractivity contribution is 7.13. The fraction of sp³-hybridized carbons (Fsp3) is 0.533. The summed E-state index contributed by atoms with van der Waals surface area (Å²) >= 11 is 1.14. The summed E-state index contributed by atoms with van der Waals surface area (Å²) in [7, 11) is 0. The first-order chi connectivity index (χ1) is 10.5. The fourth-order valence-electron chi connectivity index (χ4n) is 2.78. The van der Waals surface area contributed by atoms with E-state index in [9.17, 15) is 14.4 Å². The van der Waals surface area contributed by atoms with Gasteiger partial charge in [0.2, 0.25) is 11.8 Å². The molecule has 2 rings (SSSR count). The number of thiophene rings is 1. The zero-order chi connectivity index (χ0) is 16.1. The molecular weight excluding hydrogens is 304 g/mol. The molecule has 1 aliphatic carbocycles. The summed E-state index contributed by atoms with van der Waals surface area (Å²) in [6.45, 7) is 1.69. The molecule has 0 aromatic carbocycles. The Labute approximate surface area is 132 Å². The summed E-state index contributed by atoms with van der Waals surface area (Å²) < 4.78 is 0. The zero-order valence-corrected chi connectivity index (χ0v) is 13.2. The molecule has 1 saturated carbocycles. The predicted octanol–water partition coefficient (Wildman–Crippen LogP) is 1.76. The Morgan fingerprint density at radius 3 is 2.55 bits per heavy atom. The van der Waals surface area contributed by atoms with E-state index in [0.29, 0.717) is 0 Å². The molecular formula is C15H20N2O4S. The average Bonchev–Trinajstić information content (AvgIpc) is 3.12.